The first-order chi connectivity index (χ1) is 9.40. The average Bonchev–Trinajstić information content (AvgIpc) is 2.40. The summed E-state index contributed by atoms with van der Waals surface area (Å²) in [4.78, 5) is -0.100. The zero-order valence-corrected chi connectivity index (χ0v) is 11.1. The molecule has 20 heavy (non-hydrogen) atoms. The van der Waals surface area contributed by atoms with Gasteiger partial charge in [-0.05, 0) is 30.3 Å². The smallest absolute Gasteiger partial charge is 0.242 e. The molecule has 0 atom stereocenters. The number of benzene rings is 2. The number of halogens is 2. The third kappa shape index (κ3) is 3.12. The third-order valence-electron chi connectivity index (χ3n) is 2.67. The number of rotatable bonds is 4. The molecule has 7 heteroatoms. The van der Waals surface area contributed by atoms with Crippen molar-refractivity contribution >= 4 is 15.7 Å². The lowest BCUT2D eigenvalue weighted by molar-refractivity contribution is 0.567. The van der Waals surface area contributed by atoms with Gasteiger partial charge in [-0.1, -0.05) is 12.1 Å². The highest BCUT2D eigenvalue weighted by Gasteiger charge is 2.17. The van der Waals surface area contributed by atoms with E-state index < -0.39 is 21.7 Å². The minimum absolute atomic E-state index is 0.0805. The molecule has 0 saturated carbocycles. The highest BCUT2D eigenvalue weighted by molar-refractivity contribution is 7.89. The van der Waals surface area contributed by atoms with Crippen LogP contribution in [0.3, 0.4) is 0 Å². The molecule has 0 saturated heterocycles. The number of hydrogen-bond donors (Lipinski definition) is 2. The fraction of sp³-hybridized carbons (Fsp3) is 0.0769. The molecule has 0 aliphatic heterocycles. The minimum atomic E-state index is -3.88. The van der Waals surface area contributed by atoms with E-state index in [0.29, 0.717) is 0 Å². The Balaban J connectivity index is 2.22. The van der Waals surface area contributed by atoms with Gasteiger partial charge < -0.3 is 5.73 Å². The van der Waals surface area contributed by atoms with Crippen LogP contribution in [-0.4, -0.2) is 8.42 Å². The summed E-state index contributed by atoms with van der Waals surface area (Å²) in [7, 11) is -3.88. The molecule has 0 spiro atoms. The van der Waals surface area contributed by atoms with Crippen LogP contribution < -0.4 is 10.5 Å². The van der Waals surface area contributed by atoms with E-state index in [1.54, 1.807) is 6.07 Å². The monoisotopic (exact) mass is 298 g/mol. The Morgan fingerprint density at radius 2 is 1.80 bits per heavy atom. The van der Waals surface area contributed by atoms with Crippen LogP contribution in [0.2, 0.25) is 0 Å². The third-order valence-corrected chi connectivity index (χ3v) is 4.14. The molecular formula is C13H12F2N2O2S. The van der Waals surface area contributed by atoms with Gasteiger partial charge in [0.05, 0.1) is 5.69 Å². The normalized spacial score (nSPS) is 11.5. The number of para-hydroxylation sites is 1. The summed E-state index contributed by atoms with van der Waals surface area (Å²) in [5.74, 6) is -1.32. The van der Waals surface area contributed by atoms with Gasteiger partial charge in [-0.2, -0.15) is 0 Å². The van der Waals surface area contributed by atoms with Crippen molar-refractivity contribution in [3.8, 4) is 0 Å². The maximum atomic E-state index is 13.4. The van der Waals surface area contributed by atoms with Crippen molar-refractivity contribution in [1.82, 2.24) is 4.72 Å². The van der Waals surface area contributed by atoms with Gasteiger partial charge in [-0.25, -0.2) is 21.9 Å². The summed E-state index contributed by atoms with van der Waals surface area (Å²) in [6.45, 7) is -0.361. The maximum absolute atomic E-state index is 13.4. The van der Waals surface area contributed by atoms with Gasteiger partial charge in [0, 0.05) is 12.1 Å². The summed E-state index contributed by atoms with van der Waals surface area (Å²) >= 11 is 0. The van der Waals surface area contributed by atoms with Crippen molar-refractivity contribution in [2.75, 3.05) is 5.73 Å². The summed E-state index contributed by atoms with van der Waals surface area (Å²) in [6, 6.07) is 8.73. The highest BCUT2D eigenvalue weighted by atomic mass is 32.2. The Morgan fingerprint density at radius 3 is 2.50 bits per heavy atom. The van der Waals surface area contributed by atoms with Crippen LogP contribution in [0.1, 0.15) is 5.56 Å². The van der Waals surface area contributed by atoms with Crippen molar-refractivity contribution in [2.24, 2.45) is 0 Å². The molecule has 106 valence electrons. The summed E-state index contributed by atoms with van der Waals surface area (Å²) in [5.41, 5.74) is 5.58. The molecule has 2 aromatic rings. The molecule has 0 heterocycles. The van der Waals surface area contributed by atoms with Gasteiger partial charge in [0.15, 0.2) is 0 Å². The molecule has 4 nitrogen and oxygen atoms in total. The van der Waals surface area contributed by atoms with Crippen LogP contribution in [0, 0.1) is 11.6 Å². The predicted octanol–water partition coefficient (Wildman–Crippen LogP) is 2.03. The van der Waals surface area contributed by atoms with Crippen molar-refractivity contribution in [3.05, 3.63) is 59.7 Å². The molecule has 2 aromatic carbocycles. The first-order valence-corrected chi connectivity index (χ1v) is 7.16. The Morgan fingerprint density at radius 1 is 1.10 bits per heavy atom. The van der Waals surface area contributed by atoms with E-state index in [2.05, 4.69) is 4.72 Å². The van der Waals surface area contributed by atoms with Gasteiger partial charge in [-0.15, -0.1) is 0 Å². The summed E-state index contributed by atoms with van der Waals surface area (Å²) < 4.78 is 52.6. The zero-order chi connectivity index (χ0) is 14.8. The number of hydrogen-bond acceptors (Lipinski definition) is 3. The zero-order valence-electron chi connectivity index (χ0n) is 10.3. The second kappa shape index (κ2) is 5.56. The standard InChI is InChI=1S/C13H12F2N2O2S/c14-10-5-6-11(15)9(7-10)8-17-20(18,19)13-4-2-1-3-12(13)16/h1-7,17H,8,16H2. The van der Waals surface area contributed by atoms with Crippen molar-refractivity contribution in [2.45, 2.75) is 11.4 Å². The second-order valence-electron chi connectivity index (χ2n) is 4.10. The van der Waals surface area contributed by atoms with Gasteiger partial charge in [0.25, 0.3) is 0 Å². The number of nitrogen functional groups attached to an aromatic ring is 1. The maximum Gasteiger partial charge on any atom is 0.242 e. The van der Waals surface area contributed by atoms with Crippen LogP contribution >= 0.6 is 0 Å². The number of sulfonamides is 1. The Labute approximate surface area is 115 Å². The van der Waals surface area contributed by atoms with E-state index in [1.165, 1.54) is 18.2 Å². The van der Waals surface area contributed by atoms with E-state index >= 15 is 0 Å². The van der Waals surface area contributed by atoms with Crippen molar-refractivity contribution < 1.29 is 17.2 Å². The van der Waals surface area contributed by atoms with E-state index in [-0.39, 0.29) is 22.7 Å². The number of anilines is 1. The van der Waals surface area contributed by atoms with Crippen molar-refractivity contribution in [1.29, 1.82) is 0 Å². The molecule has 0 aliphatic carbocycles. The minimum Gasteiger partial charge on any atom is -0.398 e. The average molecular weight is 298 g/mol. The lowest BCUT2D eigenvalue weighted by atomic mass is 10.2. The Hall–Kier alpha value is -1.99. The van der Waals surface area contributed by atoms with Crippen molar-refractivity contribution in [3.63, 3.8) is 0 Å². The van der Waals surface area contributed by atoms with Gasteiger partial charge in [-0.3, -0.25) is 0 Å². The molecule has 0 radical (unpaired) electrons. The molecule has 0 bridgehead atoms. The van der Waals surface area contributed by atoms with E-state index in [4.69, 9.17) is 5.73 Å². The van der Waals surface area contributed by atoms with Crippen LogP contribution in [-0.2, 0) is 16.6 Å². The summed E-state index contributed by atoms with van der Waals surface area (Å²) in [6.07, 6.45) is 0. The summed E-state index contributed by atoms with van der Waals surface area (Å²) in [5, 5.41) is 0. The molecule has 2 rings (SSSR count). The predicted molar refractivity (Wildman–Crippen MR) is 71.2 cm³/mol. The van der Waals surface area contributed by atoms with Gasteiger partial charge >= 0.3 is 0 Å². The lowest BCUT2D eigenvalue weighted by Crippen LogP contribution is -2.24. The van der Waals surface area contributed by atoms with E-state index in [9.17, 15) is 17.2 Å². The molecule has 0 aliphatic rings. The second-order valence-corrected chi connectivity index (χ2v) is 5.83. The molecule has 0 aromatic heterocycles. The van der Waals surface area contributed by atoms with E-state index in [1.807, 2.05) is 0 Å². The van der Waals surface area contributed by atoms with Crippen LogP contribution in [0.15, 0.2) is 47.4 Å². The quantitative estimate of drug-likeness (QED) is 0.848. The highest BCUT2D eigenvalue weighted by Crippen LogP contribution is 2.18. The fourth-order valence-electron chi connectivity index (χ4n) is 1.65. The van der Waals surface area contributed by atoms with E-state index in [0.717, 1.165) is 18.2 Å². The topological polar surface area (TPSA) is 72.2 Å². The van der Waals surface area contributed by atoms with Gasteiger partial charge in [0.1, 0.15) is 16.5 Å². The largest absolute Gasteiger partial charge is 0.398 e. The van der Waals surface area contributed by atoms with Gasteiger partial charge in [0.2, 0.25) is 10.0 Å². The first-order valence-electron chi connectivity index (χ1n) is 5.68. The van der Waals surface area contributed by atoms with Crippen LogP contribution in [0.25, 0.3) is 0 Å². The first kappa shape index (κ1) is 14.4. The molecule has 0 amide bonds. The number of nitrogens with one attached hydrogen (secondary N) is 1. The molecule has 3 N–H and O–H groups in total. The Bertz CT molecular complexity index is 733. The molecular weight excluding hydrogens is 286 g/mol. The molecule has 0 unspecified atom stereocenters. The fourth-order valence-corrected chi connectivity index (χ4v) is 2.79. The Kier molecular flexibility index (Phi) is 4.01. The van der Waals surface area contributed by atoms with Crippen LogP contribution in [0.5, 0.6) is 0 Å². The SMILES string of the molecule is Nc1ccccc1S(=O)(=O)NCc1cc(F)ccc1F. The number of nitrogens with two attached hydrogens (primary N) is 1. The lowest BCUT2D eigenvalue weighted by Gasteiger charge is -2.09. The molecule has 0 fully saturated rings. The van der Waals surface area contributed by atoms with Crippen LogP contribution in [0.4, 0.5) is 14.5 Å².